The number of sulfonamides is 1. The van der Waals surface area contributed by atoms with Crippen molar-refractivity contribution in [1.82, 2.24) is 5.32 Å². The van der Waals surface area contributed by atoms with Crippen LogP contribution < -0.4 is 9.62 Å². The Kier molecular flexibility index (Phi) is 6.20. The van der Waals surface area contributed by atoms with Crippen molar-refractivity contribution >= 4 is 21.6 Å². The lowest BCUT2D eigenvalue weighted by atomic mass is 10.0. The van der Waals surface area contributed by atoms with Crippen LogP contribution in [0.15, 0.2) is 54.6 Å². The summed E-state index contributed by atoms with van der Waals surface area (Å²) in [6.45, 7) is 3.62. The molecule has 0 bridgehead atoms. The van der Waals surface area contributed by atoms with Gasteiger partial charge in [0, 0.05) is 0 Å². The molecule has 5 nitrogen and oxygen atoms in total. The summed E-state index contributed by atoms with van der Waals surface area (Å²) in [6.07, 6.45) is 1.83. The van der Waals surface area contributed by atoms with Crippen molar-refractivity contribution in [2.24, 2.45) is 0 Å². The normalized spacial score (nSPS) is 12.4. The Morgan fingerprint density at radius 2 is 1.80 bits per heavy atom. The molecule has 2 rings (SSSR count). The van der Waals surface area contributed by atoms with Crippen LogP contribution in [0, 0.1) is 6.92 Å². The SMILES string of the molecule is CCC(NC(=O)CN(c1cccc(C)c1)S(C)(=O)=O)c1ccccc1. The predicted molar refractivity (Wildman–Crippen MR) is 101 cm³/mol. The summed E-state index contributed by atoms with van der Waals surface area (Å²) in [7, 11) is -3.56. The number of rotatable bonds is 7. The zero-order chi connectivity index (χ0) is 18.4. The highest BCUT2D eigenvalue weighted by molar-refractivity contribution is 7.92. The summed E-state index contributed by atoms with van der Waals surface area (Å²) < 4.78 is 25.4. The van der Waals surface area contributed by atoms with Crippen LogP contribution in [0.5, 0.6) is 0 Å². The van der Waals surface area contributed by atoms with Gasteiger partial charge in [0.15, 0.2) is 0 Å². The van der Waals surface area contributed by atoms with Crippen molar-refractivity contribution in [2.75, 3.05) is 17.1 Å². The predicted octanol–water partition coefficient (Wildman–Crippen LogP) is 3.03. The van der Waals surface area contributed by atoms with E-state index in [1.807, 2.05) is 50.2 Å². The quantitative estimate of drug-likeness (QED) is 0.825. The van der Waals surface area contributed by atoms with Crippen LogP contribution in [-0.4, -0.2) is 27.1 Å². The largest absolute Gasteiger partial charge is 0.348 e. The zero-order valence-electron chi connectivity index (χ0n) is 14.8. The summed E-state index contributed by atoms with van der Waals surface area (Å²) in [4.78, 5) is 12.5. The van der Waals surface area contributed by atoms with E-state index in [2.05, 4.69) is 5.32 Å². The minimum atomic E-state index is -3.56. The molecule has 0 saturated carbocycles. The molecule has 25 heavy (non-hydrogen) atoms. The summed E-state index contributed by atoms with van der Waals surface area (Å²) in [5.41, 5.74) is 2.42. The number of aryl methyl sites for hydroxylation is 1. The van der Waals surface area contributed by atoms with Crippen LogP contribution in [-0.2, 0) is 14.8 Å². The average molecular weight is 360 g/mol. The van der Waals surface area contributed by atoms with Crippen molar-refractivity contribution in [2.45, 2.75) is 26.3 Å². The molecule has 0 saturated heterocycles. The van der Waals surface area contributed by atoms with Gasteiger partial charge in [-0.25, -0.2) is 8.42 Å². The van der Waals surface area contributed by atoms with Crippen LogP contribution >= 0.6 is 0 Å². The van der Waals surface area contributed by atoms with E-state index in [1.165, 1.54) is 0 Å². The fraction of sp³-hybridized carbons (Fsp3) is 0.316. The van der Waals surface area contributed by atoms with Gasteiger partial charge in [-0.05, 0) is 36.6 Å². The van der Waals surface area contributed by atoms with Gasteiger partial charge in [-0.1, -0.05) is 49.4 Å². The molecule has 0 aliphatic heterocycles. The summed E-state index contributed by atoms with van der Waals surface area (Å²) in [5, 5.41) is 2.92. The van der Waals surface area contributed by atoms with Gasteiger partial charge in [-0.2, -0.15) is 0 Å². The molecule has 0 fully saturated rings. The molecule has 0 radical (unpaired) electrons. The molecule has 6 heteroatoms. The minimum absolute atomic E-state index is 0.146. The van der Waals surface area contributed by atoms with E-state index in [1.54, 1.807) is 18.2 Å². The van der Waals surface area contributed by atoms with Crippen molar-refractivity contribution in [1.29, 1.82) is 0 Å². The minimum Gasteiger partial charge on any atom is -0.348 e. The summed E-state index contributed by atoms with van der Waals surface area (Å²) in [5.74, 6) is -0.331. The molecule has 0 aromatic heterocycles. The molecule has 1 amide bonds. The second kappa shape index (κ2) is 8.16. The third-order valence-corrected chi connectivity index (χ3v) is 5.06. The maximum Gasteiger partial charge on any atom is 0.241 e. The van der Waals surface area contributed by atoms with Crippen molar-refractivity contribution < 1.29 is 13.2 Å². The molecule has 1 unspecified atom stereocenters. The van der Waals surface area contributed by atoms with E-state index in [4.69, 9.17) is 0 Å². The Balaban J connectivity index is 2.17. The molecular weight excluding hydrogens is 336 g/mol. The number of nitrogens with zero attached hydrogens (tertiary/aromatic N) is 1. The lowest BCUT2D eigenvalue weighted by Gasteiger charge is -2.24. The Hall–Kier alpha value is -2.34. The third kappa shape index (κ3) is 5.32. The van der Waals surface area contributed by atoms with Crippen LogP contribution in [0.25, 0.3) is 0 Å². The first kappa shape index (κ1) is 19.0. The number of nitrogens with one attached hydrogen (secondary N) is 1. The molecule has 0 spiro atoms. The van der Waals surface area contributed by atoms with Gasteiger partial charge in [0.1, 0.15) is 6.54 Å². The lowest BCUT2D eigenvalue weighted by molar-refractivity contribution is -0.120. The van der Waals surface area contributed by atoms with E-state index in [-0.39, 0.29) is 18.5 Å². The molecule has 0 aliphatic rings. The molecule has 0 aliphatic carbocycles. The third-order valence-electron chi connectivity index (χ3n) is 3.92. The Morgan fingerprint density at radius 1 is 1.12 bits per heavy atom. The fourth-order valence-electron chi connectivity index (χ4n) is 2.66. The smallest absolute Gasteiger partial charge is 0.241 e. The van der Waals surface area contributed by atoms with Crippen LogP contribution in [0.2, 0.25) is 0 Å². The molecule has 2 aromatic rings. The van der Waals surface area contributed by atoms with Gasteiger partial charge in [0.25, 0.3) is 0 Å². The standard InChI is InChI=1S/C19H24N2O3S/c1-4-18(16-10-6-5-7-11-16)20-19(22)14-21(25(3,23)24)17-12-8-9-15(2)13-17/h5-13,18H,4,14H2,1-3H3,(H,20,22). The van der Waals surface area contributed by atoms with Gasteiger partial charge < -0.3 is 5.32 Å². The zero-order valence-corrected chi connectivity index (χ0v) is 15.6. The highest BCUT2D eigenvalue weighted by atomic mass is 32.2. The maximum atomic E-state index is 12.5. The first-order valence-electron chi connectivity index (χ1n) is 8.20. The molecule has 1 atom stereocenters. The number of anilines is 1. The highest BCUT2D eigenvalue weighted by Gasteiger charge is 2.22. The van der Waals surface area contributed by atoms with Gasteiger partial charge in [-0.15, -0.1) is 0 Å². The molecule has 134 valence electrons. The van der Waals surface area contributed by atoms with Crippen molar-refractivity contribution in [3.05, 3.63) is 65.7 Å². The number of carbonyl (C=O) groups is 1. The second-order valence-corrected chi connectivity index (χ2v) is 7.95. The topological polar surface area (TPSA) is 66.5 Å². The first-order chi connectivity index (χ1) is 11.8. The first-order valence-corrected chi connectivity index (χ1v) is 10.0. The van der Waals surface area contributed by atoms with E-state index in [0.717, 1.165) is 28.1 Å². The highest BCUT2D eigenvalue weighted by Crippen LogP contribution is 2.20. The average Bonchev–Trinajstić information content (AvgIpc) is 2.57. The summed E-state index contributed by atoms with van der Waals surface area (Å²) >= 11 is 0. The second-order valence-electron chi connectivity index (χ2n) is 6.05. The number of hydrogen-bond acceptors (Lipinski definition) is 3. The van der Waals surface area contributed by atoms with Crippen molar-refractivity contribution in [3.8, 4) is 0 Å². The van der Waals surface area contributed by atoms with Crippen LogP contribution in [0.3, 0.4) is 0 Å². The van der Waals surface area contributed by atoms with Crippen LogP contribution in [0.4, 0.5) is 5.69 Å². The molecular formula is C19H24N2O3S. The van der Waals surface area contributed by atoms with Gasteiger partial charge >= 0.3 is 0 Å². The van der Waals surface area contributed by atoms with Crippen molar-refractivity contribution in [3.63, 3.8) is 0 Å². The van der Waals surface area contributed by atoms with Gasteiger partial charge in [0.05, 0.1) is 18.0 Å². The van der Waals surface area contributed by atoms with Crippen LogP contribution in [0.1, 0.15) is 30.5 Å². The van der Waals surface area contributed by atoms with E-state index in [0.29, 0.717) is 5.69 Å². The monoisotopic (exact) mass is 360 g/mol. The number of amides is 1. The number of hydrogen-bond donors (Lipinski definition) is 1. The van der Waals surface area contributed by atoms with E-state index < -0.39 is 10.0 Å². The Labute approximate surface area is 149 Å². The maximum absolute atomic E-state index is 12.5. The van der Waals surface area contributed by atoms with Gasteiger partial charge in [0.2, 0.25) is 15.9 Å². The molecule has 2 aromatic carbocycles. The number of benzene rings is 2. The molecule has 0 heterocycles. The molecule has 1 N–H and O–H groups in total. The lowest BCUT2D eigenvalue weighted by Crippen LogP contribution is -2.41. The van der Waals surface area contributed by atoms with Gasteiger partial charge in [-0.3, -0.25) is 9.10 Å². The number of carbonyl (C=O) groups excluding carboxylic acids is 1. The van der Waals surface area contributed by atoms with E-state index >= 15 is 0 Å². The summed E-state index contributed by atoms with van der Waals surface area (Å²) in [6, 6.07) is 16.6. The Morgan fingerprint density at radius 3 is 2.36 bits per heavy atom. The van der Waals surface area contributed by atoms with E-state index in [9.17, 15) is 13.2 Å². The Bertz CT molecular complexity index is 820. The fourth-order valence-corrected chi connectivity index (χ4v) is 3.51.